The van der Waals surface area contributed by atoms with Crippen LogP contribution in [0.3, 0.4) is 0 Å². The normalized spacial score (nSPS) is 9.75. The number of rotatable bonds is 5. The first kappa shape index (κ1) is 8.70. The first-order valence-corrected chi connectivity index (χ1v) is 4.89. The molecule has 0 aliphatic carbocycles. The Kier molecular flexibility index (Phi) is 8.37. The minimum Gasteiger partial charge on any atom is -0.179 e. The number of hydrogen-bond donors (Lipinski definition) is 1. The van der Waals surface area contributed by atoms with E-state index in [1.807, 2.05) is 11.8 Å². The first-order chi connectivity index (χ1) is 3.91. The van der Waals surface area contributed by atoms with Crippen LogP contribution in [0, 0.1) is 0 Å². The summed E-state index contributed by atoms with van der Waals surface area (Å²) in [6.45, 7) is 2.22. The average molecular weight is 150 g/mol. The number of hydrogen-bond acceptors (Lipinski definition) is 2. The molecule has 0 aromatic carbocycles. The van der Waals surface area contributed by atoms with Crippen molar-refractivity contribution in [1.82, 2.24) is 0 Å². The lowest BCUT2D eigenvalue weighted by Gasteiger charge is -1.93. The summed E-state index contributed by atoms with van der Waals surface area (Å²) >= 11 is 6.10. The average Bonchev–Trinajstić information content (AvgIpc) is 1.81. The van der Waals surface area contributed by atoms with Gasteiger partial charge in [-0.2, -0.15) is 24.4 Å². The molecule has 2 heteroatoms. The van der Waals surface area contributed by atoms with Gasteiger partial charge in [-0.1, -0.05) is 13.3 Å². The summed E-state index contributed by atoms with van der Waals surface area (Å²) in [5.41, 5.74) is 0. The Labute approximate surface area is 61.8 Å². The van der Waals surface area contributed by atoms with Crippen molar-refractivity contribution in [3.8, 4) is 0 Å². The summed E-state index contributed by atoms with van der Waals surface area (Å²) in [7, 11) is 0. The van der Waals surface area contributed by atoms with E-state index in [1.165, 1.54) is 24.3 Å². The molecule has 0 heterocycles. The van der Waals surface area contributed by atoms with Gasteiger partial charge in [0.1, 0.15) is 0 Å². The van der Waals surface area contributed by atoms with Gasteiger partial charge in [0.2, 0.25) is 0 Å². The molecule has 0 unspecified atom stereocenters. The molecule has 0 saturated heterocycles. The smallest absolute Gasteiger partial charge is 0.00210 e. The summed E-state index contributed by atoms with van der Waals surface area (Å²) in [5.74, 6) is 3.55. The van der Waals surface area contributed by atoms with Crippen LogP contribution in [0.25, 0.3) is 0 Å². The van der Waals surface area contributed by atoms with Crippen LogP contribution in [0.4, 0.5) is 0 Å². The molecule has 50 valence electrons. The van der Waals surface area contributed by atoms with E-state index in [-0.39, 0.29) is 0 Å². The Morgan fingerprint density at radius 2 is 2.12 bits per heavy atom. The van der Waals surface area contributed by atoms with Gasteiger partial charge in [0.25, 0.3) is 0 Å². The molecule has 0 aliphatic rings. The Morgan fingerprint density at radius 1 is 1.38 bits per heavy atom. The molecule has 0 N–H and O–H groups in total. The van der Waals surface area contributed by atoms with Crippen LogP contribution in [0.1, 0.15) is 19.8 Å². The second kappa shape index (κ2) is 7.70. The maximum absolute atomic E-state index is 4.10. The van der Waals surface area contributed by atoms with Crippen molar-refractivity contribution in [1.29, 1.82) is 0 Å². The van der Waals surface area contributed by atoms with E-state index in [1.54, 1.807) is 0 Å². The molecule has 0 fully saturated rings. The van der Waals surface area contributed by atoms with E-state index < -0.39 is 0 Å². The van der Waals surface area contributed by atoms with Crippen LogP contribution >= 0.6 is 24.4 Å². The largest absolute Gasteiger partial charge is 0.179 e. The molecule has 0 aliphatic heterocycles. The highest BCUT2D eigenvalue weighted by atomic mass is 32.2. The number of unbranched alkanes of at least 4 members (excludes halogenated alkanes) is 1. The fourth-order valence-corrected chi connectivity index (χ4v) is 1.63. The molecule has 0 spiro atoms. The van der Waals surface area contributed by atoms with E-state index in [2.05, 4.69) is 19.6 Å². The summed E-state index contributed by atoms with van der Waals surface area (Å²) in [6, 6.07) is 0. The van der Waals surface area contributed by atoms with Crippen molar-refractivity contribution in [2.24, 2.45) is 0 Å². The lowest BCUT2D eigenvalue weighted by Crippen LogP contribution is -1.82. The van der Waals surface area contributed by atoms with Gasteiger partial charge in [0, 0.05) is 5.75 Å². The molecule has 0 radical (unpaired) electrons. The van der Waals surface area contributed by atoms with Crippen molar-refractivity contribution in [3.63, 3.8) is 0 Å². The SMILES string of the molecule is CCCCSCCS. The summed E-state index contributed by atoms with van der Waals surface area (Å²) in [6.07, 6.45) is 2.68. The van der Waals surface area contributed by atoms with Gasteiger partial charge in [-0.15, -0.1) is 0 Å². The van der Waals surface area contributed by atoms with E-state index in [0.29, 0.717) is 0 Å². The van der Waals surface area contributed by atoms with E-state index in [0.717, 1.165) is 5.75 Å². The lowest BCUT2D eigenvalue weighted by atomic mass is 10.4. The van der Waals surface area contributed by atoms with Crippen molar-refractivity contribution < 1.29 is 0 Å². The van der Waals surface area contributed by atoms with Crippen molar-refractivity contribution in [2.45, 2.75) is 19.8 Å². The van der Waals surface area contributed by atoms with Crippen LogP contribution < -0.4 is 0 Å². The fraction of sp³-hybridized carbons (Fsp3) is 1.00. The minimum absolute atomic E-state index is 1.02. The van der Waals surface area contributed by atoms with Crippen molar-refractivity contribution in [3.05, 3.63) is 0 Å². The molecule has 0 aromatic rings. The highest BCUT2D eigenvalue weighted by Gasteiger charge is 1.83. The Hall–Kier alpha value is 0.700. The van der Waals surface area contributed by atoms with Crippen molar-refractivity contribution >= 4 is 24.4 Å². The topological polar surface area (TPSA) is 0 Å². The van der Waals surface area contributed by atoms with E-state index in [9.17, 15) is 0 Å². The third-order valence-electron chi connectivity index (χ3n) is 0.878. The molecule has 0 atom stereocenters. The monoisotopic (exact) mass is 150 g/mol. The molecule has 0 rings (SSSR count). The van der Waals surface area contributed by atoms with Gasteiger partial charge >= 0.3 is 0 Å². The molecule has 0 bridgehead atoms. The number of thiol groups is 1. The summed E-state index contributed by atoms with van der Waals surface area (Å²) in [4.78, 5) is 0. The zero-order valence-corrected chi connectivity index (χ0v) is 7.10. The van der Waals surface area contributed by atoms with Gasteiger partial charge in [-0.05, 0) is 17.9 Å². The maximum atomic E-state index is 4.10. The highest BCUT2D eigenvalue weighted by molar-refractivity contribution is 7.99. The Bertz CT molecular complexity index is 31.5. The lowest BCUT2D eigenvalue weighted by molar-refractivity contribution is 0.896. The molecule has 0 amide bonds. The second-order valence-corrected chi connectivity index (χ2v) is 3.36. The standard InChI is InChI=1S/C6H14S2/c1-2-3-5-8-6-4-7/h7H,2-6H2,1H3. The zero-order chi connectivity index (χ0) is 6.24. The van der Waals surface area contributed by atoms with Gasteiger partial charge in [-0.25, -0.2) is 0 Å². The molecular weight excluding hydrogens is 136 g/mol. The molecule has 0 nitrogen and oxygen atoms in total. The molecular formula is C6H14S2. The maximum Gasteiger partial charge on any atom is 0.00210 e. The number of thioether (sulfide) groups is 1. The van der Waals surface area contributed by atoms with E-state index >= 15 is 0 Å². The predicted molar refractivity (Wildman–Crippen MR) is 46.1 cm³/mol. The van der Waals surface area contributed by atoms with Crippen LogP contribution in [0.2, 0.25) is 0 Å². The molecule has 0 aromatic heterocycles. The quantitative estimate of drug-likeness (QED) is 0.464. The zero-order valence-electron chi connectivity index (χ0n) is 5.39. The highest BCUT2D eigenvalue weighted by Crippen LogP contribution is 2.03. The van der Waals surface area contributed by atoms with Crippen LogP contribution in [0.5, 0.6) is 0 Å². The minimum atomic E-state index is 1.02. The van der Waals surface area contributed by atoms with Crippen LogP contribution in [-0.2, 0) is 0 Å². The summed E-state index contributed by atoms with van der Waals surface area (Å²) in [5, 5.41) is 0. The van der Waals surface area contributed by atoms with Crippen molar-refractivity contribution in [2.75, 3.05) is 17.3 Å². The molecule has 0 saturated carbocycles. The van der Waals surface area contributed by atoms with Crippen LogP contribution in [0.15, 0.2) is 0 Å². The summed E-state index contributed by atoms with van der Waals surface area (Å²) < 4.78 is 0. The van der Waals surface area contributed by atoms with E-state index in [4.69, 9.17) is 0 Å². The van der Waals surface area contributed by atoms with Gasteiger partial charge in [-0.3, -0.25) is 0 Å². The third kappa shape index (κ3) is 6.70. The second-order valence-electron chi connectivity index (χ2n) is 1.69. The van der Waals surface area contributed by atoms with Gasteiger partial charge in [0.05, 0.1) is 0 Å². The van der Waals surface area contributed by atoms with Crippen LogP contribution in [-0.4, -0.2) is 17.3 Å². The predicted octanol–water partition coefficient (Wildman–Crippen LogP) is 2.45. The Balaban J connectivity index is 2.53. The third-order valence-corrected chi connectivity index (χ3v) is 2.47. The molecule has 8 heavy (non-hydrogen) atoms. The Morgan fingerprint density at radius 3 is 2.62 bits per heavy atom. The first-order valence-electron chi connectivity index (χ1n) is 3.10. The fourth-order valence-electron chi connectivity index (χ4n) is 0.413. The van der Waals surface area contributed by atoms with Gasteiger partial charge in [0.15, 0.2) is 0 Å². The van der Waals surface area contributed by atoms with Gasteiger partial charge < -0.3 is 0 Å².